The van der Waals surface area contributed by atoms with Gasteiger partial charge in [0.05, 0.1) is 17.6 Å². The molecule has 0 saturated carbocycles. The topological polar surface area (TPSA) is 59.8 Å². The first-order valence-corrected chi connectivity index (χ1v) is 9.54. The number of carbonyl (C=O) groups is 1. The molecule has 0 atom stereocenters. The molecule has 1 N–H and O–H groups in total. The number of thiazole rings is 1. The summed E-state index contributed by atoms with van der Waals surface area (Å²) in [6, 6.07) is 12.3. The van der Waals surface area contributed by atoms with E-state index in [4.69, 9.17) is 0 Å². The highest BCUT2D eigenvalue weighted by Gasteiger charge is 2.30. The highest BCUT2D eigenvalue weighted by molar-refractivity contribution is 7.11. The number of hydrogen-bond acceptors (Lipinski definition) is 4. The summed E-state index contributed by atoms with van der Waals surface area (Å²) in [7, 11) is 0. The average Bonchev–Trinajstić information content (AvgIpc) is 3.26. The molecule has 0 fully saturated rings. The van der Waals surface area contributed by atoms with Crippen LogP contribution in [0, 0.1) is 6.92 Å². The van der Waals surface area contributed by atoms with E-state index in [1.165, 1.54) is 23.5 Å². The molecule has 4 aromatic rings. The van der Waals surface area contributed by atoms with Crippen molar-refractivity contribution in [2.45, 2.75) is 19.6 Å². The van der Waals surface area contributed by atoms with Crippen molar-refractivity contribution in [3.05, 3.63) is 75.7 Å². The highest BCUT2D eigenvalue weighted by atomic mass is 32.1. The minimum atomic E-state index is -4.37. The third-order valence-corrected chi connectivity index (χ3v) is 5.28. The molecule has 1 amide bonds. The van der Waals surface area contributed by atoms with Crippen LogP contribution >= 0.6 is 11.3 Å². The fourth-order valence-electron chi connectivity index (χ4n) is 2.93. The van der Waals surface area contributed by atoms with Gasteiger partial charge in [0.1, 0.15) is 0 Å². The van der Waals surface area contributed by atoms with Crippen molar-refractivity contribution in [2.24, 2.45) is 0 Å². The molecule has 0 aliphatic heterocycles. The van der Waals surface area contributed by atoms with Gasteiger partial charge >= 0.3 is 6.18 Å². The van der Waals surface area contributed by atoms with Gasteiger partial charge in [0.25, 0.3) is 5.91 Å². The predicted octanol–water partition coefficient (Wildman–Crippen LogP) is 5.12. The molecule has 0 aliphatic rings. The van der Waals surface area contributed by atoms with Crippen LogP contribution in [0.1, 0.15) is 26.6 Å². The lowest BCUT2D eigenvalue weighted by Crippen LogP contribution is -2.13. The van der Waals surface area contributed by atoms with Crippen LogP contribution in [-0.2, 0) is 12.7 Å². The van der Waals surface area contributed by atoms with Crippen molar-refractivity contribution in [2.75, 3.05) is 5.32 Å². The molecule has 148 valence electrons. The predicted molar refractivity (Wildman–Crippen MR) is 105 cm³/mol. The summed E-state index contributed by atoms with van der Waals surface area (Å²) in [5.41, 5.74) is 1.49. The minimum absolute atomic E-state index is 0.269. The maximum Gasteiger partial charge on any atom is 0.416 e. The molecule has 9 heteroatoms. The number of hydrogen-bond donors (Lipinski definition) is 1. The zero-order valence-electron chi connectivity index (χ0n) is 15.2. The normalized spacial score (nSPS) is 11.7. The van der Waals surface area contributed by atoms with Gasteiger partial charge in [0.15, 0.2) is 10.8 Å². The maximum absolute atomic E-state index is 12.8. The molecule has 0 saturated heterocycles. The molecule has 2 heterocycles. The molecule has 0 aliphatic carbocycles. The number of benzene rings is 2. The van der Waals surface area contributed by atoms with Crippen LogP contribution in [0.25, 0.3) is 10.9 Å². The number of fused-ring (bicyclic) bond motifs is 1. The highest BCUT2D eigenvalue weighted by Crippen LogP contribution is 2.30. The molecule has 0 bridgehead atoms. The summed E-state index contributed by atoms with van der Waals surface area (Å²) in [4.78, 5) is 16.6. The average molecular weight is 416 g/mol. The van der Waals surface area contributed by atoms with Gasteiger partial charge in [-0.2, -0.15) is 18.3 Å². The molecule has 0 spiro atoms. The van der Waals surface area contributed by atoms with Crippen molar-refractivity contribution in [3.63, 3.8) is 0 Å². The van der Waals surface area contributed by atoms with Gasteiger partial charge in [0.2, 0.25) is 0 Å². The Labute approximate surface area is 167 Å². The first-order valence-electron chi connectivity index (χ1n) is 8.66. The summed E-state index contributed by atoms with van der Waals surface area (Å²) >= 11 is 1.25. The lowest BCUT2D eigenvalue weighted by Gasteiger charge is -2.08. The lowest BCUT2D eigenvalue weighted by atomic mass is 10.1. The van der Waals surface area contributed by atoms with Gasteiger partial charge in [0, 0.05) is 16.5 Å². The SMILES string of the molecule is Cc1csc(C(=O)Nc2nn(Cc3ccc(C(F)(F)F)cc3)c3ccccc23)n1. The van der Waals surface area contributed by atoms with Crippen molar-refractivity contribution >= 4 is 34.0 Å². The zero-order chi connectivity index (χ0) is 20.6. The number of aryl methyl sites for hydroxylation is 1. The summed E-state index contributed by atoms with van der Waals surface area (Å²) in [6.45, 7) is 2.08. The van der Waals surface area contributed by atoms with Gasteiger partial charge in [-0.05, 0) is 36.8 Å². The Morgan fingerprint density at radius 2 is 1.86 bits per heavy atom. The third kappa shape index (κ3) is 4.00. The molecular formula is C20H15F3N4OS. The number of anilines is 1. The number of nitrogens with zero attached hydrogens (tertiary/aromatic N) is 3. The summed E-state index contributed by atoms with van der Waals surface area (Å²) in [5, 5.41) is 10.1. The van der Waals surface area contributed by atoms with Crippen LogP contribution in [0.5, 0.6) is 0 Å². The fraction of sp³-hybridized carbons (Fsp3) is 0.150. The Balaban J connectivity index is 1.63. The Morgan fingerprint density at radius 1 is 1.14 bits per heavy atom. The third-order valence-electron chi connectivity index (χ3n) is 4.32. The van der Waals surface area contributed by atoms with Crippen LogP contribution < -0.4 is 5.32 Å². The van der Waals surface area contributed by atoms with Crippen LogP contribution in [0.2, 0.25) is 0 Å². The van der Waals surface area contributed by atoms with Crippen LogP contribution in [0.3, 0.4) is 0 Å². The number of rotatable bonds is 4. The lowest BCUT2D eigenvalue weighted by molar-refractivity contribution is -0.137. The van der Waals surface area contributed by atoms with Crippen LogP contribution in [-0.4, -0.2) is 20.7 Å². The fourth-order valence-corrected chi connectivity index (χ4v) is 3.62. The van der Waals surface area contributed by atoms with E-state index in [9.17, 15) is 18.0 Å². The van der Waals surface area contributed by atoms with E-state index < -0.39 is 11.7 Å². The standard InChI is InChI=1S/C20H15F3N4OS/c1-12-11-29-19(24-12)18(28)25-17-15-4-2-3-5-16(15)27(26-17)10-13-6-8-14(9-7-13)20(21,22)23/h2-9,11H,10H2,1H3,(H,25,26,28). The Kier molecular flexibility index (Phi) is 4.83. The Morgan fingerprint density at radius 3 is 2.52 bits per heavy atom. The number of aromatic nitrogens is 3. The maximum atomic E-state index is 12.8. The number of carbonyl (C=O) groups excluding carboxylic acids is 1. The molecule has 0 radical (unpaired) electrons. The number of para-hydroxylation sites is 1. The molecule has 0 unspecified atom stereocenters. The van der Waals surface area contributed by atoms with E-state index in [0.717, 1.165) is 28.7 Å². The quantitative estimate of drug-likeness (QED) is 0.502. The smallest absolute Gasteiger partial charge is 0.302 e. The zero-order valence-corrected chi connectivity index (χ0v) is 16.0. The van der Waals surface area contributed by atoms with Crippen LogP contribution in [0.15, 0.2) is 53.9 Å². The van der Waals surface area contributed by atoms with Crippen molar-refractivity contribution in [1.82, 2.24) is 14.8 Å². The van der Waals surface area contributed by atoms with E-state index in [1.807, 2.05) is 31.2 Å². The summed E-state index contributed by atoms with van der Waals surface area (Å²) in [5.74, 6) is 0.0263. The van der Waals surface area contributed by atoms with E-state index in [2.05, 4.69) is 15.4 Å². The van der Waals surface area contributed by atoms with Crippen molar-refractivity contribution in [1.29, 1.82) is 0 Å². The van der Waals surface area contributed by atoms with Gasteiger partial charge in [-0.1, -0.05) is 24.3 Å². The second-order valence-electron chi connectivity index (χ2n) is 6.47. The number of amides is 1. The first-order chi connectivity index (χ1) is 13.8. The molecule has 2 aromatic heterocycles. The number of halogens is 3. The van der Waals surface area contributed by atoms with Crippen molar-refractivity contribution < 1.29 is 18.0 Å². The second-order valence-corrected chi connectivity index (χ2v) is 7.32. The molecular weight excluding hydrogens is 401 g/mol. The number of alkyl halides is 3. The Hall–Kier alpha value is -3.20. The molecule has 2 aromatic carbocycles. The van der Waals surface area contributed by atoms with Gasteiger partial charge in [-0.3, -0.25) is 9.48 Å². The monoisotopic (exact) mass is 416 g/mol. The van der Waals surface area contributed by atoms with Crippen molar-refractivity contribution in [3.8, 4) is 0 Å². The second kappa shape index (κ2) is 7.32. The Bertz CT molecular complexity index is 1180. The first kappa shape index (κ1) is 19.1. The van der Waals surface area contributed by atoms with Crippen LogP contribution in [0.4, 0.5) is 19.0 Å². The van der Waals surface area contributed by atoms with Gasteiger partial charge in [-0.25, -0.2) is 4.98 Å². The van der Waals surface area contributed by atoms with E-state index >= 15 is 0 Å². The molecule has 29 heavy (non-hydrogen) atoms. The van der Waals surface area contributed by atoms with E-state index in [0.29, 0.717) is 16.4 Å². The summed E-state index contributed by atoms with van der Waals surface area (Å²) < 4.78 is 39.9. The summed E-state index contributed by atoms with van der Waals surface area (Å²) in [6.07, 6.45) is -4.37. The van der Waals surface area contributed by atoms with E-state index in [-0.39, 0.29) is 12.5 Å². The van der Waals surface area contributed by atoms with Gasteiger partial charge < -0.3 is 5.32 Å². The minimum Gasteiger partial charge on any atom is -0.302 e. The largest absolute Gasteiger partial charge is 0.416 e. The van der Waals surface area contributed by atoms with E-state index in [1.54, 1.807) is 10.1 Å². The van der Waals surface area contributed by atoms with Gasteiger partial charge in [-0.15, -0.1) is 11.3 Å². The molecule has 4 rings (SSSR count). The number of nitrogens with one attached hydrogen (secondary N) is 1. The molecule has 5 nitrogen and oxygen atoms in total.